The number of aliphatic imine (C=N–C) groups is 1. The largest absolute Gasteiger partial charge is 0.378 e. The van der Waals surface area contributed by atoms with Crippen LogP contribution < -0.4 is 5.73 Å². The predicted octanol–water partition coefficient (Wildman–Crippen LogP) is 4.17. The number of hydrogen-bond donors (Lipinski definition) is 1. The molecule has 2 aliphatic rings. The molecule has 0 spiro atoms. The standard InChI is InChI=1S/C22H19FN4OS/c1-22(8-9-29-21(24)27-22)16-10-14(6-7-17(16)23)11-20(28)19-13-25-18(12-26-19)15-4-2-3-5-15/h2-4,6-10,12-13H,5,11H2,1H3,(H2,24,27)/t22-/m0/s1. The number of ketones is 1. The lowest BCUT2D eigenvalue weighted by Gasteiger charge is -2.26. The Balaban J connectivity index is 1.54. The highest BCUT2D eigenvalue weighted by molar-refractivity contribution is 8.16. The molecule has 1 aromatic heterocycles. The van der Waals surface area contributed by atoms with Crippen LogP contribution in [-0.2, 0) is 12.0 Å². The van der Waals surface area contributed by atoms with E-state index in [4.69, 9.17) is 5.73 Å². The summed E-state index contributed by atoms with van der Waals surface area (Å²) in [7, 11) is 0. The number of rotatable bonds is 5. The lowest BCUT2D eigenvalue weighted by atomic mass is 9.90. The van der Waals surface area contributed by atoms with E-state index in [2.05, 4.69) is 15.0 Å². The zero-order valence-electron chi connectivity index (χ0n) is 15.8. The molecule has 0 amide bonds. The van der Waals surface area contributed by atoms with E-state index in [1.165, 1.54) is 24.0 Å². The smallest absolute Gasteiger partial charge is 0.187 e. The van der Waals surface area contributed by atoms with E-state index in [0.29, 0.717) is 16.3 Å². The number of allylic oxidation sites excluding steroid dienone is 4. The maximum Gasteiger partial charge on any atom is 0.187 e. The number of thioether (sulfide) groups is 1. The Hall–Kier alpha value is -3.06. The van der Waals surface area contributed by atoms with Crippen LogP contribution >= 0.6 is 11.8 Å². The number of aromatic nitrogens is 2. The van der Waals surface area contributed by atoms with Crippen molar-refractivity contribution in [1.29, 1.82) is 0 Å². The van der Waals surface area contributed by atoms with E-state index < -0.39 is 5.54 Å². The second kappa shape index (κ2) is 7.75. The Morgan fingerprint density at radius 2 is 2.17 bits per heavy atom. The van der Waals surface area contributed by atoms with Crippen LogP contribution in [0.5, 0.6) is 0 Å². The number of nitrogens with zero attached hydrogens (tertiary/aromatic N) is 3. The first kappa shape index (κ1) is 19.3. The number of carbonyl (C=O) groups excluding carboxylic acids is 1. The Labute approximate surface area is 172 Å². The summed E-state index contributed by atoms with van der Waals surface area (Å²) in [4.78, 5) is 25.7. The van der Waals surface area contributed by atoms with E-state index in [1.54, 1.807) is 36.7 Å². The van der Waals surface area contributed by atoms with Gasteiger partial charge in [0.15, 0.2) is 11.0 Å². The fourth-order valence-electron chi connectivity index (χ4n) is 3.30. The summed E-state index contributed by atoms with van der Waals surface area (Å²) in [6, 6.07) is 4.63. The molecular weight excluding hydrogens is 387 g/mol. The normalized spacial score (nSPS) is 20.5. The molecule has 1 atom stereocenters. The summed E-state index contributed by atoms with van der Waals surface area (Å²) in [5.74, 6) is -0.567. The van der Waals surface area contributed by atoms with Gasteiger partial charge in [-0.2, -0.15) is 0 Å². The number of carbonyl (C=O) groups is 1. The molecular formula is C22H19FN4OS. The summed E-state index contributed by atoms with van der Waals surface area (Å²) in [6.45, 7) is 1.79. The Bertz CT molecular complexity index is 1090. The fraction of sp³-hybridized carbons (Fsp3) is 0.182. The van der Waals surface area contributed by atoms with Crippen molar-refractivity contribution in [3.05, 3.63) is 88.6 Å². The third-order valence-electron chi connectivity index (χ3n) is 4.90. The zero-order valence-corrected chi connectivity index (χ0v) is 16.6. The van der Waals surface area contributed by atoms with E-state index in [1.807, 2.05) is 18.2 Å². The molecule has 2 N–H and O–H groups in total. The minimum atomic E-state index is -0.900. The van der Waals surface area contributed by atoms with Crippen molar-refractivity contribution < 1.29 is 9.18 Å². The molecule has 5 nitrogen and oxygen atoms in total. The van der Waals surface area contributed by atoms with Gasteiger partial charge in [-0.3, -0.25) is 9.78 Å². The van der Waals surface area contributed by atoms with Crippen molar-refractivity contribution in [3.8, 4) is 0 Å². The van der Waals surface area contributed by atoms with Crippen LogP contribution in [-0.4, -0.2) is 20.9 Å². The van der Waals surface area contributed by atoms with Crippen LogP contribution in [0.4, 0.5) is 4.39 Å². The van der Waals surface area contributed by atoms with Gasteiger partial charge in [0.1, 0.15) is 17.1 Å². The van der Waals surface area contributed by atoms with Gasteiger partial charge in [-0.25, -0.2) is 14.4 Å². The van der Waals surface area contributed by atoms with Gasteiger partial charge in [-0.1, -0.05) is 36.1 Å². The monoisotopic (exact) mass is 406 g/mol. The summed E-state index contributed by atoms with van der Waals surface area (Å²) < 4.78 is 14.5. The molecule has 0 unspecified atom stereocenters. The highest BCUT2D eigenvalue weighted by atomic mass is 32.2. The van der Waals surface area contributed by atoms with Gasteiger partial charge in [0.05, 0.1) is 18.1 Å². The van der Waals surface area contributed by atoms with Gasteiger partial charge in [0.2, 0.25) is 0 Å². The number of hydrogen-bond acceptors (Lipinski definition) is 6. The molecule has 146 valence electrons. The summed E-state index contributed by atoms with van der Waals surface area (Å²) in [5, 5.41) is 2.17. The third kappa shape index (κ3) is 4.05. The van der Waals surface area contributed by atoms with Crippen molar-refractivity contribution in [2.75, 3.05) is 0 Å². The van der Waals surface area contributed by atoms with Gasteiger partial charge in [-0.05, 0) is 48.1 Å². The molecule has 0 radical (unpaired) electrons. The Morgan fingerprint density at radius 3 is 2.86 bits per heavy atom. The van der Waals surface area contributed by atoms with Crippen molar-refractivity contribution in [1.82, 2.24) is 9.97 Å². The molecule has 0 fully saturated rings. The van der Waals surface area contributed by atoms with Gasteiger partial charge in [-0.15, -0.1) is 0 Å². The van der Waals surface area contributed by atoms with Crippen molar-refractivity contribution in [2.45, 2.75) is 25.3 Å². The van der Waals surface area contributed by atoms with E-state index in [-0.39, 0.29) is 23.7 Å². The van der Waals surface area contributed by atoms with Crippen LogP contribution in [0.1, 0.15) is 40.7 Å². The lowest BCUT2D eigenvalue weighted by molar-refractivity contribution is 0.0987. The van der Waals surface area contributed by atoms with Crippen LogP contribution in [0.2, 0.25) is 0 Å². The molecule has 1 aromatic carbocycles. The number of Topliss-reactive ketones (excluding diaryl/α,β-unsaturated/α-hetero) is 1. The molecule has 1 aliphatic carbocycles. The van der Waals surface area contributed by atoms with Gasteiger partial charge in [0, 0.05) is 12.0 Å². The first-order valence-corrected chi connectivity index (χ1v) is 10.0. The highest BCUT2D eigenvalue weighted by Crippen LogP contribution is 2.34. The Kier molecular flexibility index (Phi) is 5.15. The minimum Gasteiger partial charge on any atom is -0.378 e. The SMILES string of the molecule is C[C@@]1(c2cc(CC(=O)c3cnc(C4=CC=CC4)cn3)ccc2F)C=CSC(N)=N1. The summed E-state index contributed by atoms with van der Waals surface area (Å²) in [6.07, 6.45) is 11.8. The molecule has 29 heavy (non-hydrogen) atoms. The summed E-state index contributed by atoms with van der Waals surface area (Å²) >= 11 is 1.29. The highest BCUT2D eigenvalue weighted by Gasteiger charge is 2.29. The van der Waals surface area contributed by atoms with E-state index >= 15 is 0 Å². The quantitative estimate of drug-likeness (QED) is 0.754. The average Bonchev–Trinajstić information content (AvgIpc) is 3.24. The number of benzene rings is 1. The van der Waals surface area contributed by atoms with Crippen LogP contribution in [0, 0.1) is 5.82 Å². The maximum absolute atomic E-state index is 14.5. The number of amidine groups is 1. The number of nitrogens with two attached hydrogens (primary N) is 1. The Morgan fingerprint density at radius 1 is 1.31 bits per heavy atom. The van der Waals surface area contributed by atoms with Crippen LogP contribution in [0.15, 0.2) is 65.3 Å². The average molecular weight is 406 g/mol. The second-order valence-corrected chi connectivity index (χ2v) is 7.97. The predicted molar refractivity (Wildman–Crippen MR) is 114 cm³/mol. The van der Waals surface area contributed by atoms with Crippen molar-refractivity contribution in [2.24, 2.45) is 10.7 Å². The van der Waals surface area contributed by atoms with Crippen molar-refractivity contribution >= 4 is 28.3 Å². The molecule has 0 saturated carbocycles. The van der Waals surface area contributed by atoms with Crippen molar-refractivity contribution in [3.63, 3.8) is 0 Å². The maximum atomic E-state index is 14.5. The zero-order chi connectivity index (χ0) is 20.4. The van der Waals surface area contributed by atoms with Crippen LogP contribution in [0.3, 0.4) is 0 Å². The number of halogens is 1. The van der Waals surface area contributed by atoms with E-state index in [9.17, 15) is 9.18 Å². The third-order valence-corrected chi connectivity index (χ3v) is 5.51. The molecule has 7 heteroatoms. The first-order valence-electron chi connectivity index (χ1n) is 9.14. The second-order valence-electron chi connectivity index (χ2n) is 7.04. The molecule has 2 heterocycles. The van der Waals surface area contributed by atoms with Gasteiger partial charge in [0.25, 0.3) is 0 Å². The van der Waals surface area contributed by atoms with Gasteiger partial charge < -0.3 is 5.73 Å². The molecule has 0 saturated heterocycles. The molecule has 2 aromatic rings. The molecule has 1 aliphatic heterocycles. The lowest BCUT2D eigenvalue weighted by Crippen LogP contribution is -2.25. The van der Waals surface area contributed by atoms with Gasteiger partial charge >= 0.3 is 0 Å². The molecule has 4 rings (SSSR count). The first-order chi connectivity index (χ1) is 13.9. The van der Waals surface area contributed by atoms with Crippen LogP contribution in [0.25, 0.3) is 5.57 Å². The topological polar surface area (TPSA) is 81.2 Å². The van der Waals surface area contributed by atoms with E-state index in [0.717, 1.165) is 17.7 Å². The molecule has 0 bridgehead atoms. The summed E-state index contributed by atoms with van der Waals surface area (Å²) in [5.41, 5.74) is 8.10. The fourth-order valence-corrected chi connectivity index (χ4v) is 4.01. The minimum absolute atomic E-state index is 0.0965.